The van der Waals surface area contributed by atoms with Crippen LogP contribution in [-0.4, -0.2) is 18.2 Å². The highest BCUT2D eigenvalue weighted by molar-refractivity contribution is 5.69. The Hall–Kier alpha value is -1.77. The van der Waals surface area contributed by atoms with Crippen LogP contribution in [0.1, 0.15) is 48.8 Å². The number of phenolic OH excluding ortho intramolecular Hbond substituents is 1. The normalized spacial score (nSPS) is 20.7. The van der Waals surface area contributed by atoms with Gasteiger partial charge >= 0.3 is 5.97 Å². The third kappa shape index (κ3) is 3.29. The zero-order chi connectivity index (χ0) is 15.6. The molecular formula is C18H24O3. The summed E-state index contributed by atoms with van der Waals surface area (Å²) in [6, 6.07) is 3.95. The number of allylic oxidation sites excluding steroid dienone is 1. The Kier molecular flexibility index (Phi) is 4.71. The molecule has 0 fully saturated rings. The number of carbonyl (C=O) groups is 1. The number of benzene rings is 1. The van der Waals surface area contributed by atoms with Crippen LogP contribution in [0.25, 0.3) is 0 Å². The second-order valence-corrected chi connectivity index (χ2v) is 6.05. The maximum atomic E-state index is 11.5. The van der Waals surface area contributed by atoms with Crippen molar-refractivity contribution < 1.29 is 14.6 Å². The molecule has 21 heavy (non-hydrogen) atoms. The number of carbonyl (C=O) groups excluding carboxylic acids is 1. The Morgan fingerprint density at radius 1 is 1.48 bits per heavy atom. The fourth-order valence-electron chi connectivity index (χ4n) is 3.39. The Morgan fingerprint density at radius 3 is 2.81 bits per heavy atom. The van der Waals surface area contributed by atoms with Gasteiger partial charge in [0, 0.05) is 6.42 Å². The number of esters is 1. The maximum Gasteiger partial charge on any atom is 0.305 e. The van der Waals surface area contributed by atoms with E-state index in [2.05, 4.69) is 19.6 Å². The van der Waals surface area contributed by atoms with Gasteiger partial charge in [-0.1, -0.05) is 18.2 Å². The zero-order valence-corrected chi connectivity index (χ0v) is 13.1. The number of fused-ring (bicyclic) bond motifs is 1. The van der Waals surface area contributed by atoms with Crippen LogP contribution in [-0.2, 0) is 16.0 Å². The molecule has 0 aromatic heterocycles. The van der Waals surface area contributed by atoms with Gasteiger partial charge in [-0.05, 0) is 67.7 Å². The van der Waals surface area contributed by atoms with Crippen LogP contribution in [0.3, 0.4) is 0 Å². The summed E-state index contributed by atoms with van der Waals surface area (Å²) >= 11 is 0. The smallest absolute Gasteiger partial charge is 0.305 e. The van der Waals surface area contributed by atoms with E-state index < -0.39 is 0 Å². The van der Waals surface area contributed by atoms with Crippen molar-refractivity contribution in [2.45, 2.75) is 45.4 Å². The molecule has 0 bridgehead atoms. The lowest BCUT2D eigenvalue weighted by Gasteiger charge is -2.34. The number of rotatable bonds is 4. The molecule has 1 aromatic carbocycles. The Labute approximate surface area is 126 Å². The minimum atomic E-state index is -0.182. The van der Waals surface area contributed by atoms with E-state index in [9.17, 15) is 9.90 Å². The van der Waals surface area contributed by atoms with Gasteiger partial charge in [0.2, 0.25) is 0 Å². The number of hydrogen-bond acceptors (Lipinski definition) is 3. The fourth-order valence-corrected chi connectivity index (χ4v) is 3.39. The van der Waals surface area contributed by atoms with Crippen LogP contribution in [0.5, 0.6) is 5.75 Å². The molecule has 114 valence electrons. The van der Waals surface area contributed by atoms with Gasteiger partial charge in [-0.25, -0.2) is 0 Å². The summed E-state index contributed by atoms with van der Waals surface area (Å²) in [4.78, 5) is 11.5. The second kappa shape index (κ2) is 6.33. The van der Waals surface area contributed by atoms with Crippen LogP contribution in [0.2, 0.25) is 0 Å². The summed E-state index contributed by atoms with van der Waals surface area (Å²) in [7, 11) is 1.42. The molecule has 0 aliphatic heterocycles. The summed E-state index contributed by atoms with van der Waals surface area (Å²) in [5.74, 6) is 0.749. The van der Waals surface area contributed by atoms with Gasteiger partial charge in [-0.3, -0.25) is 4.79 Å². The van der Waals surface area contributed by atoms with E-state index in [1.807, 2.05) is 13.0 Å². The number of hydrogen-bond donors (Lipinski definition) is 1. The predicted octanol–water partition coefficient (Wildman–Crippen LogP) is 3.88. The minimum Gasteiger partial charge on any atom is -0.508 e. The number of phenols is 1. The highest BCUT2D eigenvalue weighted by atomic mass is 16.5. The first kappa shape index (κ1) is 15.6. The second-order valence-electron chi connectivity index (χ2n) is 6.05. The molecule has 0 radical (unpaired) electrons. The summed E-state index contributed by atoms with van der Waals surface area (Å²) in [5, 5.41) is 10.0. The van der Waals surface area contributed by atoms with Gasteiger partial charge in [-0.2, -0.15) is 0 Å². The van der Waals surface area contributed by atoms with E-state index in [4.69, 9.17) is 4.74 Å². The van der Waals surface area contributed by atoms with Gasteiger partial charge in [0.05, 0.1) is 7.11 Å². The van der Waals surface area contributed by atoms with E-state index in [1.54, 1.807) is 0 Å². The zero-order valence-electron chi connectivity index (χ0n) is 13.1. The molecule has 1 N–H and O–H groups in total. The highest BCUT2D eigenvalue weighted by Gasteiger charge is 2.31. The van der Waals surface area contributed by atoms with Crippen LogP contribution in [0.15, 0.2) is 24.3 Å². The van der Waals surface area contributed by atoms with Crippen molar-refractivity contribution in [2.24, 2.45) is 5.92 Å². The third-order valence-electron chi connectivity index (χ3n) is 4.59. The molecule has 2 rings (SSSR count). The average Bonchev–Trinajstić information content (AvgIpc) is 2.45. The standard InChI is InChI=1S/C18H24O3/c1-11(2)14-6-5-13-9-12(3)17(19)10-16(13)15(14)7-8-18(20)21-4/h9-10,14-15,19H,1,5-8H2,2-4H3/t14-,15-/m1/s1. The van der Waals surface area contributed by atoms with Crippen LogP contribution < -0.4 is 0 Å². The van der Waals surface area contributed by atoms with E-state index in [-0.39, 0.29) is 11.9 Å². The lowest BCUT2D eigenvalue weighted by atomic mass is 9.70. The summed E-state index contributed by atoms with van der Waals surface area (Å²) in [5.41, 5.74) is 4.52. The van der Waals surface area contributed by atoms with Crippen molar-refractivity contribution in [2.75, 3.05) is 7.11 Å². The molecule has 1 aromatic rings. The van der Waals surface area contributed by atoms with Gasteiger partial charge in [0.1, 0.15) is 5.75 Å². The number of ether oxygens (including phenoxy) is 1. The van der Waals surface area contributed by atoms with Crippen LogP contribution in [0.4, 0.5) is 0 Å². The summed E-state index contributed by atoms with van der Waals surface area (Å²) in [6.07, 6.45) is 3.19. The minimum absolute atomic E-state index is 0.182. The Bertz CT molecular complexity index is 560. The molecule has 3 nitrogen and oxygen atoms in total. The average molecular weight is 288 g/mol. The first-order chi connectivity index (χ1) is 9.93. The lowest BCUT2D eigenvalue weighted by molar-refractivity contribution is -0.140. The van der Waals surface area contributed by atoms with E-state index >= 15 is 0 Å². The van der Waals surface area contributed by atoms with Gasteiger partial charge < -0.3 is 9.84 Å². The fraction of sp³-hybridized carbons (Fsp3) is 0.500. The molecule has 0 unspecified atom stereocenters. The van der Waals surface area contributed by atoms with Gasteiger partial charge in [0.25, 0.3) is 0 Å². The van der Waals surface area contributed by atoms with E-state index in [1.165, 1.54) is 18.2 Å². The van der Waals surface area contributed by atoms with Crippen molar-refractivity contribution in [3.05, 3.63) is 41.0 Å². The van der Waals surface area contributed by atoms with Crippen molar-refractivity contribution in [1.82, 2.24) is 0 Å². The van der Waals surface area contributed by atoms with Gasteiger partial charge in [-0.15, -0.1) is 0 Å². The summed E-state index contributed by atoms with van der Waals surface area (Å²) < 4.78 is 4.76. The first-order valence-electron chi connectivity index (χ1n) is 7.48. The summed E-state index contributed by atoms with van der Waals surface area (Å²) in [6.45, 7) is 8.08. The molecule has 1 aliphatic carbocycles. The van der Waals surface area contributed by atoms with Crippen molar-refractivity contribution in [3.63, 3.8) is 0 Å². The molecule has 3 heteroatoms. The van der Waals surface area contributed by atoms with E-state index in [0.29, 0.717) is 18.1 Å². The number of methoxy groups -OCH3 is 1. The van der Waals surface area contributed by atoms with Crippen molar-refractivity contribution in [3.8, 4) is 5.75 Å². The lowest BCUT2D eigenvalue weighted by Crippen LogP contribution is -2.22. The van der Waals surface area contributed by atoms with E-state index in [0.717, 1.165) is 30.4 Å². The predicted molar refractivity (Wildman–Crippen MR) is 83.5 cm³/mol. The largest absolute Gasteiger partial charge is 0.508 e. The highest BCUT2D eigenvalue weighted by Crippen LogP contribution is 2.44. The number of aryl methyl sites for hydroxylation is 2. The number of aromatic hydroxyl groups is 1. The topological polar surface area (TPSA) is 46.5 Å². The quantitative estimate of drug-likeness (QED) is 0.675. The van der Waals surface area contributed by atoms with Crippen LogP contribution in [0, 0.1) is 12.8 Å². The molecule has 0 spiro atoms. The Morgan fingerprint density at radius 2 is 2.19 bits per heavy atom. The molecular weight excluding hydrogens is 264 g/mol. The molecule has 0 amide bonds. The maximum absolute atomic E-state index is 11.5. The molecule has 0 saturated heterocycles. The van der Waals surface area contributed by atoms with Crippen molar-refractivity contribution in [1.29, 1.82) is 0 Å². The molecule has 0 saturated carbocycles. The molecule has 0 heterocycles. The van der Waals surface area contributed by atoms with Crippen molar-refractivity contribution >= 4 is 5.97 Å². The first-order valence-corrected chi connectivity index (χ1v) is 7.48. The van der Waals surface area contributed by atoms with Gasteiger partial charge in [0.15, 0.2) is 0 Å². The molecule has 1 aliphatic rings. The monoisotopic (exact) mass is 288 g/mol. The Balaban J connectivity index is 2.34. The third-order valence-corrected chi connectivity index (χ3v) is 4.59. The van der Waals surface area contributed by atoms with Crippen LogP contribution >= 0.6 is 0 Å². The SMILES string of the molecule is C=C(C)[C@H]1CCc2cc(C)c(O)cc2[C@@H]1CCC(=O)OC. The molecule has 2 atom stereocenters.